The molecular weight excluding hydrogens is 656 g/mol. The van der Waals surface area contributed by atoms with E-state index in [0.29, 0.717) is 24.7 Å². The van der Waals surface area contributed by atoms with Gasteiger partial charge in [-0.05, 0) is 104 Å². The number of aliphatic hydroxyl groups excluding tert-OH is 4. The first-order valence-electron chi connectivity index (χ1n) is 19.3. The van der Waals surface area contributed by atoms with Crippen LogP contribution in [0.1, 0.15) is 126 Å². The van der Waals surface area contributed by atoms with Crippen molar-refractivity contribution in [2.45, 2.75) is 162 Å². The predicted molar refractivity (Wildman–Crippen MR) is 186 cm³/mol. The SMILES string of the molecule is CC1(C)CC[C@]2(C(=O)O[C@@H]3O[C@H](CO)[C@H](O)[C@H](O)[C@H]3O)CC[C@]3(C)C(=CC[C@@H]4[C@@]5(C)CC[C@H](OC(=O)CCC(=O)O)C(C)(C)[C@@H]5CC[C@]43C)[C@@H]2C1. The Morgan fingerprint density at radius 3 is 2.18 bits per heavy atom. The highest BCUT2D eigenvalue weighted by atomic mass is 16.7. The Bertz CT molecular complexity index is 1420. The van der Waals surface area contributed by atoms with E-state index in [0.717, 1.165) is 51.4 Å². The Hall–Kier alpha value is -2.05. The van der Waals surface area contributed by atoms with Crippen molar-refractivity contribution in [2.75, 3.05) is 6.61 Å². The van der Waals surface area contributed by atoms with Gasteiger partial charge in [0.2, 0.25) is 6.29 Å². The van der Waals surface area contributed by atoms with E-state index in [1.807, 2.05) is 0 Å². The molecule has 13 atom stereocenters. The fourth-order valence-corrected chi connectivity index (χ4v) is 12.6. The van der Waals surface area contributed by atoms with Gasteiger partial charge in [0.05, 0.1) is 24.9 Å². The monoisotopic (exact) mass is 718 g/mol. The Labute approximate surface area is 302 Å². The number of carbonyl (C=O) groups excluding carboxylic acids is 2. The summed E-state index contributed by atoms with van der Waals surface area (Å²) >= 11 is 0. The minimum Gasteiger partial charge on any atom is -0.481 e. The molecule has 1 saturated heterocycles. The fourth-order valence-electron chi connectivity index (χ4n) is 12.6. The zero-order valence-corrected chi connectivity index (χ0v) is 31.7. The van der Waals surface area contributed by atoms with Gasteiger partial charge in [0.15, 0.2) is 0 Å². The molecule has 0 bridgehead atoms. The van der Waals surface area contributed by atoms with E-state index < -0.39 is 60.6 Å². The average Bonchev–Trinajstić information content (AvgIpc) is 3.05. The molecule has 1 heterocycles. The molecule has 0 amide bonds. The number of carboxylic acid groups (broad SMARTS) is 1. The third kappa shape index (κ3) is 6.00. The molecule has 11 nitrogen and oxygen atoms in total. The van der Waals surface area contributed by atoms with E-state index in [2.05, 4.69) is 54.5 Å². The molecule has 6 rings (SSSR count). The van der Waals surface area contributed by atoms with Crippen molar-refractivity contribution >= 4 is 17.9 Å². The highest BCUT2D eigenvalue weighted by molar-refractivity contribution is 5.79. The highest BCUT2D eigenvalue weighted by Crippen LogP contribution is 2.76. The van der Waals surface area contributed by atoms with Gasteiger partial charge >= 0.3 is 17.9 Å². The number of ether oxygens (including phenoxy) is 3. The number of hydrogen-bond acceptors (Lipinski definition) is 10. The molecule has 0 aromatic rings. The van der Waals surface area contributed by atoms with E-state index in [9.17, 15) is 34.8 Å². The van der Waals surface area contributed by atoms with Gasteiger partial charge in [-0.25, -0.2) is 0 Å². The topological polar surface area (TPSA) is 180 Å². The lowest BCUT2D eigenvalue weighted by Gasteiger charge is -2.71. The molecule has 51 heavy (non-hydrogen) atoms. The molecule has 1 aliphatic heterocycles. The third-order valence-corrected chi connectivity index (χ3v) is 15.9. The molecule has 5 N–H and O–H groups in total. The summed E-state index contributed by atoms with van der Waals surface area (Å²) in [5.41, 5.74) is 0.0254. The first-order chi connectivity index (χ1) is 23.7. The second-order valence-corrected chi connectivity index (χ2v) is 19.2. The molecule has 0 radical (unpaired) electrons. The Morgan fingerprint density at radius 2 is 1.51 bits per heavy atom. The summed E-state index contributed by atoms with van der Waals surface area (Å²) in [5, 5.41) is 50.3. The van der Waals surface area contributed by atoms with Gasteiger partial charge in [-0.3, -0.25) is 14.4 Å². The van der Waals surface area contributed by atoms with Gasteiger partial charge in [-0.15, -0.1) is 0 Å². The number of carboxylic acids is 1. The van der Waals surface area contributed by atoms with Gasteiger partial charge in [0.25, 0.3) is 0 Å². The molecule has 4 saturated carbocycles. The molecule has 0 spiro atoms. The predicted octanol–water partition coefficient (Wildman–Crippen LogP) is 4.91. The maximum atomic E-state index is 14.5. The number of allylic oxidation sites excluding steroid dienone is 2. The largest absolute Gasteiger partial charge is 0.481 e. The first kappa shape index (κ1) is 38.7. The van der Waals surface area contributed by atoms with Crippen LogP contribution in [-0.2, 0) is 28.6 Å². The summed E-state index contributed by atoms with van der Waals surface area (Å²) < 4.78 is 17.6. The second-order valence-electron chi connectivity index (χ2n) is 19.2. The van der Waals surface area contributed by atoms with Crippen LogP contribution >= 0.6 is 0 Å². The average molecular weight is 719 g/mol. The molecule has 6 aliphatic rings. The van der Waals surface area contributed by atoms with Crippen LogP contribution in [0.2, 0.25) is 0 Å². The molecular formula is C40H62O11. The maximum absolute atomic E-state index is 14.5. The van der Waals surface area contributed by atoms with Crippen LogP contribution < -0.4 is 0 Å². The highest BCUT2D eigenvalue weighted by Gasteiger charge is 2.70. The minimum absolute atomic E-state index is 0.00236. The van der Waals surface area contributed by atoms with E-state index in [4.69, 9.17) is 19.3 Å². The summed E-state index contributed by atoms with van der Waals surface area (Å²) in [7, 11) is 0. The van der Waals surface area contributed by atoms with E-state index in [1.165, 1.54) is 5.57 Å². The Balaban J connectivity index is 1.29. The zero-order valence-electron chi connectivity index (χ0n) is 31.7. The van der Waals surface area contributed by atoms with Crippen molar-refractivity contribution in [3.63, 3.8) is 0 Å². The number of carbonyl (C=O) groups is 3. The molecule has 0 unspecified atom stereocenters. The maximum Gasteiger partial charge on any atom is 0.315 e. The Kier molecular flexibility index (Phi) is 9.90. The van der Waals surface area contributed by atoms with Crippen molar-refractivity contribution < 1.29 is 54.1 Å². The molecule has 0 aromatic carbocycles. The fraction of sp³-hybridized carbons (Fsp3) is 0.875. The van der Waals surface area contributed by atoms with Crippen LogP contribution in [0.4, 0.5) is 0 Å². The van der Waals surface area contributed by atoms with E-state index in [-0.39, 0.29) is 51.9 Å². The van der Waals surface area contributed by atoms with Crippen molar-refractivity contribution in [1.82, 2.24) is 0 Å². The number of aliphatic hydroxyl groups is 4. The standard InChI is InChI=1S/C40H62O11/c1-35(2)16-18-40(34(48)51-33-32(47)31(46)30(45)24(21-41)49-33)19-17-38(6)22(23(40)20-35)8-9-26-37(5)14-13-27(50-29(44)11-10-28(42)43)36(3,4)25(37)12-15-39(26,38)7/h8,23-27,30-33,41,45-47H,9-21H2,1-7H3,(H,42,43)/t23-,24+,25-,26+,27-,30-,31-,32+,33-,37-,38+,39+,40-/m0/s1. The van der Waals surface area contributed by atoms with Gasteiger partial charge in [0, 0.05) is 5.41 Å². The lowest BCUT2D eigenvalue weighted by molar-refractivity contribution is -0.297. The number of esters is 2. The second kappa shape index (κ2) is 13.1. The van der Waals surface area contributed by atoms with Crippen LogP contribution in [0.3, 0.4) is 0 Å². The summed E-state index contributed by atoms with van der Waals surface area (Å²) in [6, 6.07) is 0. The lowest BCUT2D eigenvalue weighted by atomic mass is 9.33. The first-order valence-corrected chi connectivity index (χ1v) is 19.3. The number of fused-ring (bicyclic) bond motifs is 7. The van der Waals surface area contributed by atoms with Crippen LogP contribution in [-0.4, -0.2) is 86.9 Å². The number of hydrogen-bond donors (Lipinski definition) is 5. The van der Waals surface area contributed by atoms with E-state index in [1.54, 1.807) is 0 Å². The van der Waals surface area contributed by atoms with Crippen molar-refractivity contribution in [3.05, 3.63) is 11.6 Å². The van der Waals surface area contributed by atoms with Crippen molar-refractivity contribution in [3.8, 4) is 0 Å². The van der Waals surface area contributed by atoms with Crippen LogP contribution in [0, 0.1) is 50.2 Å². The van der Waals surface area contributed by atoms with Crippen LogP contribution in [0.5, 0.6) is 0 Å². The Morgan fingerprint density at radius 1 is 0.824 bits per heavy atom. The summed E-state index contributed by atoms with van der Waals surface area (Å²) in [6.45, 7) is 15.7. The molecule has 5 aliphatic carbocycles. The molecule has 5 fully saturated rings. The lowest BCUT2D eigenvalue weighted by Crippen LogP contribution is -2.65. The summed E-state index contributed by atoms with van der Waals surface area (Å²) in [5.74, 6) is -1.27. The summed E-state index contributed by atoms with van der Waals surface area (Å²) in [4.78, 5) is 38.2. The van der Waals surface area contributed by atoms with Crippen LogP contribution in [0.25, 0.3) is 0 Å². The number of rotatable bonds is 7. The van der Waals surface area contributed by atoms with Gasteiger partial charge in [-0.2, -0.15) is 0 Å². The number of aliphatic carboxylic acids is 1. The van der Waals surface area contributed by atoms with Crippen LogP contribution in [0.15, 0.2) is 11.6 Å². The zero-order chi connectivity index (χ0) is 37.5. The molecule has 11 heteroatoms. The molecule has 0 aromatic heterocycles. The summed E-state index contributed by atoms with van der Waals surface area (Å²) in [6.07, 6.45) is 2.65. The van der Waals surface area contributed by atoms with Gasteiger partial charge in [-0.1, -0.05) is 60.1 Å². The van der Waals surface area contributed by atoms with Gasteiger partial charge in [0.1, 0.15) is 30.5 Å². The van der Waals surface area contributed by atoms with E-state index >= 15 is 0 Å². The van der Waals surface area contributed by atoms with Gasteiger partial charge < -0.3 is 39.7 Å². The van der Waals surface area contributed by atoms with Crippen molar-refractivity contribution in [2.24, 2.45) is 50.2 Å². The third-order valence-electron chi connectivity index (χ3n) is 15.9. The quantitative estimate of drug-likeness (QED) is 0.178. The smallest absolute Gasteiger partial charge is 0.315 e. The normalized spacial score (nSPS) is 47.0. The molecule has 288 valence electrons. The minimum atomic E-state index is -1.65. The van der Waals surface area contributed by atoms with Crippen molar-refractivity contribution in [1.29, 1.82) is 0 Å².